The number of nitrogens with zero attached hydrogens (tertiary/aromatic N) is 3. The summed E-state index contributed by atoms with van der Waals surface area (Å²) < 4.78 is 0. The van der Waals surface area contributed by atoms with Crippen LogP contribution in [0, 0.1) is 6.92 Å². The third-order valence-corrected chi connectivity index (χ3v) is 5.46. The molecule has 2 aromatic rings. The molecule has 0 aliphatic carbocycles. The number of anilines is 1. The minimum Gasteiger partial charge on any atom is -0.357 e. The fourth-order valence-electron chi connectivity index (χ4n) is 3.78. The maximum atomic E-state index is 11.8. The summed E-state index contributed by atoms with van der Waals surface area (Å²) in [5.74, 6) is 1.86. The van der Waals surface area contributed by atoms with Crippen LogP contribution in [0.25, 0.3) is 0 Å². The smallest absolute Gasteiger partial charge is 0.251 e. The lowest BCUT2D eigenvalue weighted by Crippen LogP contribution is -2.49. The first kappa shape index (κ1) is 22.6. The lowest BCUT2D eigenvalue weighted by atomic mass is 10.1. The number of rotatable bonds is 7. The molecule has 3 rings (SSSR count). The first-order valence-corrected chi connectivity index (χ1v) is 11.1. The van der Waals surface area contributed by atoms with Gasteiger partial charge < -0.3 is 20.9 Å². The van der Waals surface area contributed by atoms with E-state index in [2.05, 4.69) is 44.9 Å². The Hall–Kier alpha value is -3.09. The zero-order valence-electron chi connectivity index (χ0n) is 18.8. The molecule has 0 radical (unpaired) electrons. The molecule has 166 valence electrons. The van der Waals surface area contributed by atoms with E-state index in [0.717, 1.165) is 61.9 Å². The van der Waals surface area contributed by atoms with Crippen molar-refractivity contribution in [1.82, 2.24) is 20.9 Å². The molecule has 0 atom stereocenters. The molecule has 0 bridgehead atoms. The van der Waals surface area contributed by atoms with Crippen molar-refractivity contribution in [2.45, 2.75) is 39.2 Å². The maximum absolute atomic E-state index is 11.8. The lowest BCUT2D eigenvalue weighted by Gasteiger charge is -2.34. The van der Waals surface area contributed by atoms with Crippen molar-refractivity contribution < 1.29 is 4.79 Å². The van der Waals surface area contributed by atoms with Crippen LogP contribution in [0.15, 0.2) is 47.5 Å². The molecule has 1 aromatic carbocycles. The second-order valence-corrected chi connectivity index (χ2v) is 7.83. The van der Waals surface area contributed by atoms with Crippen molar-refractivity contribution in [3.63, 3.8) is 0 Å². The molecule has 31 heavy (non-hydrogen) atoms. The van der Waals surface area contributed by atoms with Crippen molar-refractivity contribution in [3.05, 3.63) is 59.3 Å². The highest BCUT2D eigenvalue weighted by Crippen LogP contribution is 2.18. The summed E-state index contributed by atoms with van der Waals surface area (Å²) in [6.07, 6.45) is 2.89. The Labute approximate surface area is 185 Å². The van der Waals surface area contributed by atoms with Crippen LogP contribution >= 0.6 is 0 Å². The van der Waals surface area contributed by atoms with Crippen molar-refractivity contribution in [3.8, 4) is 0 Å². The van der Waals surface area contributed by atoms with Gasteiger partial charge in [0.05, 0.1) is 0 Å². The number of pyridine rings is 1. The summed E-state index contributed by atoms with van der Waals surface area (Å²) in [7, 11) is 1.65. The molecule has 0 saturated carbocycles. The van der Waals surface area contributed by atoms with Gasteiger partial charge in [-0.3, -0.25) is 9.79 Å². The fraction of sp³-hybridized carbons (Fsp3) is 0.458. The van der Waals surface area contributed by atoms with Crippen LogP contribution in [0.2, 0.25) is 0 Å². The zero-order chi connectivity index (χ0) is 22.1. The Morgan fingerprint density at radius 3 is 2.68 bits per heavy atom. The Bertz CT molecular complexity index is 889. The number of aromatic nitrogens is 1. The quantitative estimate of drug-likeness (QED) is 0.472. The molecule has 1 aliphatic rings. The second-order valence-electron chi connectivity index (χ2n) is 7.83. The van der Waals surface area contributed by atoms with Gasteiger partial charge in [0, 0.05) is 50.5 Å². The SMILES string of the molecule is CCNC(=NCCc1cccc(C(=O)NC)c1)NC1CCN(c2cccc(C)n2)CC1. The summed E-state index contributed by atoms with van der Waals surface area (Å²) >= 11 is 0. The van der Waals surface area contributed by atoms with Gasteiger partial charge in [-0.05, 0) is 62.9 Å². The zero-order valence-corrected chi connectivity index (χ0v) is 18.8. The number of guanidine groups is 1. The predicted molar refractivity (Wildman–Crippen MR) is 127 cm³/mol. The molecule has 1 aliphatic heterocycles. The number of hydrogen-bond acceptors (Lipinski definition) is 4. The van der Waals surface area contributed by atoms with Crippen LogP contribution < -0.4 is 20.9 Å². The molecule has 1 saturated heterocycles. The van der Waals surface area contributed by atoms with E-state index in [1.807, 2.05) is 37.3 Å². The molecule has 7 heteroatoms. The second kappa shape index (κ2) is 11.3. The average Bonchev–Trinajstić information content (AvgIpc) is 2.79. The van der Waals surface area contributed by atoms with Crippen LogP contribution in [0.4, 0.5) is 5.82 Å². The summed E-state index contributed by atoms with van der Waals surface area (Å²) in [4.78, 5) is 23.6. The van der Waals surface area contributed by atoms with E-state index < -0.39 is 0 Å². The van der Waals surface area contributed by atoms with E-state index in [-0.39, 0.29) is 5.91 Å². The van der Waals surface area contributed by atoms with Crippen LogP contribution in [-0.4, -0.2) is 56.1 Å². The van der Waals surface area contributed by atoms with E-state index in [4.69, 9.17) is 4.99 Å². The summed E-state index contributed by atoms with van der Waals surface area (Å²) in [6, 6.07) is 14.3. The number of benzene rings is 1. The number of piperidine rings is 1. The Morgan fingerprint density at radius 2 is 1.97 bits per heavy atom. The monoisotopic (exact) mass is 422 g/mol. The number of amides is 1. The number of carbonyl (C=O) groups excluding carboxylic acids is 1. The molecular formula is C24H34N6O. The molecule has 0 unspecified atom stereocenters. The van der Waals surface area contributed by atoms with Gasteiger partial charge in [0.1, 0.15) is 5.82 Å². The molecule has 3 N–H and O–H groups in total. The van der Waals surface area contributed by atoms with Crippen LogP contribution in [-0.2, 0) is 6.42 Å². The van der Waals surface area contributed by atoms with E-state index in [0.29, 0.717) is 18.2 Å². The van der Waals surface area contributed by atoms with Crippen molar-refractivity contribution in [1.29, 1.82) is 0 Å². The van der Waals surface area contributed by atoms with Gasteiger partial charge in [-0.25, -0.2) is 4.98 Å². The van der Waals surface area contributed by atoms with Crippen molar-refractivity contribution in [2.75, 3.05) is 38.1 Å². The summed E-state index contributed by atoms with van der Waals surface area (Å²) in [6.45, 7) is 7.57. The highest BCUT2D eigenvalue weighted by Gasteiger charge is 2.21. The fourth-order valence-corrected chi connectivity index (χ4v) is 3.78. The molecule has 1 aromatic heterocycles. The predicted octanol–water partition coefficient (Wildman–Crippen LogP) is 2.52. The van der Waals surface area contributed by atoms with E-state index in [1.165, 1.54) is 0 Å². The van der Waals surface area contributed by atoms with Crippen LogP contribution in [0.1, 0.15) is 41.4 Å². The number of nitrogens with one attached hydrogen (secondary N) is 3. The van der Waals surface area contributed by atoms with E-state index in [9.17, 15) is 4.79 Å². The number of aliphatic imine (C=N–C) groups is 1. The highest BCUT2D eigenvalue weighted by atomic mass is 16.1. The Balaban J connectivity index is 1.52. The van der Waals surface area contributed by atoms with Crippen LogP contribution in [0.3, 0.4) is 0 Å². The molecular weight excluding hydrogens is 388 g/mol. The van der Waals surface area contributed by atoms with Gasteiger partial charge in [-0.1, -0.05) is 18.2 Å². The minimum absolute atomic E-state index is 0.0624. The molecule has 2 heterocycles. The van der Waals surface area contributed by atoms with Gasteiger partial charge in [-0.15, -0.1) is 0 Å². The maximum Gasteiger partial charge on any atom is 0.251 e. The van der Waals surface area contributed by atoms with Crippen LogP contribution in [0.5, 0.6) is 0 Å². The Morgan fingerprint density at radius 1 is 1.19 bits per heavy atom. The minimum atomic E-state index is -0.0624. The number of aryl methyl sites for hydroxylation is 1. The standard InChI is InChI=1S/C24H34N6O/c1-4-26-24(27-14-11-19-8-6-9-20(17-19)23(31)25-3)29-21-12-15-30(16-13-21)22-10-5-7-18(2)28-22/h5-10,17,21H,4,11-16H2,1-3H3,(H,25,31)(H2,26,27,29). The summed E-state index contributed by atoms with van der Waals surface area (Å²) in [5.41, 5.74) is 2.85. The average molecular weight is 423 g/mol. The van der Waals surface area contributed by atoms with E-state index >= 15 is 0 Å². The van der Waals surface area contributed by atoms with Gasteiger partial charge in [0.2, 0.25) is 0 Å². The largest absolute Gasteiger partial charge is 0.357 e. The first-order valence-electron chi connectivity index (χ1n) is 11.1. The third-order valence-electron chi connectivity index (χ3n) is 5.46. The van der Waals surface area contributed by atoms with Gasteiger partial charge >= 0.3 is 0 Å². The molecule has 7 nitrogen and oxygen atoms in total. The van der Waals surface area contributed by atoms with Gasteiger partial charge in [0.15, 0.2) is 5.96 Å². The first-order chi connectivity index (χ1) is 15.1. The molecule has 0 spiro atoms. The molecule has 1 fully saturated rings. The Kier molecular flexibility index (Phi) is 8.27. The molecule has 1 amide bonds. The van der Waals surface area contributed by atoms with Crippen molar-refractivity contribution >= 4 is 17.7 Å². The summed E-state index contributed by atoms with van der Waals surface area (Å²) in [5, 5.41) is 9.61. The topological polar surface area (TPSA) is 81.6 Å². The number of hydrogen-bond donors (Lipinski definition) is 3. The van der Waals surface area contributed by atoms with Gasteiger partial charge in [-0.2, -0.15) is 0 Å². The van der Waals surface area contributed by atoms with E-state index in [1.54, 1.807) is 7.05 Å². The normalized spacial score (nSPS) is 14.9. The number of carbonyl (C=O) groups is 1. The van der Waals surface area contributed by atoms with Crippen molar-refractivity contribution in [2.24, 2.45) is 4.99 Å². The third kappa shape index (κ3) is 6.70. The lowest BCUT2D eigenvalue weighted by molar-refractivity contribution is 0.0963. The van der Waals surface area contributed by atoms with Gasteiger partial charge in [0.25, 0.3) is 5.91 Å². The highest BCUT2D eigenvalue weighted by molar-refractivity contribution is 5.94.